The van der Waals surface area contributed by atoms with Crippen LogP contribution in [0.1, 0.15) is 43.5 Å². The lowest BCUT2D eigenvalue weighted by molar-refractivity contribution is -0.139. The quantitative estimate of drug-likeness (QED) is 0.768. The highest BCUT2D eigenvalue weighted by Gasteiger charge is 2.30. The Kier molecular flexibility index (Phi) is 5.47. The maximum absolute atomic E-state index is 12.3. The van der Waals surface area contributed by atoms with Gasteiger partial charge in [-0.15, -0.1) is 0 Å². The Balaban J connectivity index is 2.09. The number of rotatable bonds is 8. The van der Waals surface area contributed by atoms with Gasteiger partial charge in [-0.1, -0.05) is 12.8 Å². The van der Waals surface area contributed by atoms with Crippen LogP contribution in [0.5, 0.6) is 11.5 Å². The normalized spacial score (nSPS) is 15.1. The Morgan fingerprint density at radius 2 is 2.00 bits per heavy atom. The van der Waals surface area contributed by atoms with E-state index in [4.69, 9.17) is 9.47 Å². The molecule has 1 fully saturated rings. The van der Waals surface area contributed by atoms with Crippen LogP contribution >= 0.6 is 0 Å². The van der Waals surface area contributed by atoms with Gasteiger partial charge in [0.25, 0.3) is 5.91 Å². The fourth-order valence-corrected chi connectivity index (χ4v) is 2.31. The zero-order chi connectivity index (χ0) is 17.0. The molecule has 0 radical (unpaired) electrons. The molecule has 0 aliphatic heterocycles. The highest BCUT2D eigenvalue weighted by Crippen LogP contribution is 2.34. The number of carboxylic acids is 1. The van der Waals surface area contributed by atoms with Gasteiger partial charge in [0.15, 0.2) is 11.5 Å². The molecule has 1 atom stereocenters. The smallest absolute Gasteiger partial charge is 0.326 e. The summed E-state index contributed by atoms with van der Waals surface area (Å²) in [5.74, 6) is -0.0237. The van der Waals surface area contributed by atoms with Gasteiger partial charge in [-0.2, -0.15) is 0 Å². The molecule has 1 aliphatic rings. The van der Waals surface area contributed by atoms with Gasteiger partial charge in [0.2, 0.25) is 0 Å². The van der Waals surface area contributed by atoms with E-state index in [1.54, 1.807) is 18.2 Å². The lowest BCUT2D eigenvalue weighted by Gasteiger charge is -2.16. The fourth-order valence-electron chi connectivity index (χ4n) is 2.31. The largest absolute Gasteiger partial charge is 0.493 e. The second kappa shape index (κ2) is 7.35. The minimum atomic E-state index is -1.00. The van der Waals surface area contributed by atoms with Gasteiger partial charge in [-0.25, -0.2) is 4.79 Å². The molecule has 1 saturated carbocycles. The van der Waals surface area contributed by atoms with Crippen LogP contribution in [0.3, 0.4) is 0 Å². The first-order valence-corrected chi connectivity index (χ1v) is 7.79. The van der Waals surface area contributed by atoms with Gasteiger partial charge < -0.3 is 19.9 Å². The first kappa shape index (κ1) is 17.1. The first-order chi connectivity index (χ1) is 10.9. The van der Waals surface area contributed by atoms with Crippen molar-refractivity contribution < 1.29 is 24.2 Å². The molecule has 126 valence electrons. The van der Waals surface area contributed by atoms with Crippen LogP contribution in [-0.4, -0.2) is 36.2 Å². The van der Waals surface area contributed by atoms with Crippen molar-refractivity contribution in [1.82, 2.24) is 5.32 Å². The van der Waals surface area contributed by atoms with E-state index >= 15 is 0 Å². The summed E-state index contributed by atoms with van der Waals surface area (Å²) in [6.07, 6.45) is 2.54. The number of carbonyl (C=O) groups is 2. The van der Waals surface area contributed by atoms with E-state index in [1.807, 2.05) is 13.8 Å². The summed E-state index contributed by atoms with van der Waals surface area (Å²) in [5, 5.41) is 11.8. The Morgan fingerprint density at radius 3 is 2.52 bits per heavy atom. The number of methoxy groups -OCH3 is 1. The number of aliphatic carboxylic acids is 1. The van der Waals surface area contributed by atoms with Gasteiger partial charge in [0, 0.05) is 5.56 Å². The average Bonchev–Trinajstić information content (AvgIpc) is 3.30. The summed E-state index contributed by atoms with van der Waals surface area (Å²) >= 11 is 0. The van der Waals surface area contributed by atoms with Crippen molar-refractivity contribution >= 4 is 11.9 Å². The van der Waals surface area contributed by atoms with Gasteiger partial charge in [-0.3, -0.25) is 4.79 Å². The number of hydrogen-bond donors (Lipinski definition) is 2. The molecule has 6 heteroatoms. The number of nitrogens with one attached hydrogen (secondary N) is 1. The monoisotopic (exact) mass is 321 g/mol. The van der Waals surface area contributed by atoms with Crippen molar-refractivity contribution in [3.63, 3.8) is 0 Å². The lowest BCUT2D eigenvalue weighted by Crippen LogP contribution is -2.41. The van der Waals surface area contributed by atoms with Crippen molar-refractivity contribution in [3.05, 3.63) is 23.8 Å². The summed E-state index contributed by atoms with van der Waals surface area (Å²) < 4.78 is 10.8. The molecule has 2 N–H and O–H groups in total. The van der Waals surface area contributed by atoms with Crippen LogP contribution < -0.4 is 14.8 Å². The first-order valence-electron chi connectivity index (χ1n) is 7.79. The number of ether oxygens (including phenoxy) is 2. The molecule has 6 nitrogen and oxygen atoms in total. The van der Waals surface area contributed by atoms with Crippen LogP contribution in [0, 0.1) is 5.92 Å². The number of amides is 1. The van der Waals surface area contributed by atoms with Crippen molar-refractivity contribution in [2.24, 2.45) is 5.92 Å². The summed E-state index contributed by atoms with van der Waals surface area (Å²) in [6, 6.07) is 3.96. The van der Waals surface area contributed by atoms with E-state index < -0.39 is 17.9 Å². The van der Waals surface area contributed by atoms with Crippen LogP contribution in [0.25, 0.3) is 0 Å². The number of carboxylic acid groups (broad SMARTS) is 1. The second-order valence-corrected chi connectivity index (χ2v) is 6.08. The Hall–Kier alpha value is -2.24. The molecule has 1 aromatic carbocycles. The molecular weight excluding hydrogens is 298 g/mol. The molecule has 1 aliphatic carbocycles. The van der Waals surface area contributed by atoms with E-state index in [0.29, 0.717) is 29.4 Å². The molecule has 1 unspecified atom stereocenters. The minimum Gasteiger partial charge on any atom is -0.493 e. The zero-order valence-corrected chi connectivity index (χ0v) is 13.7. The second-order valence-electron chi connectivity index (χ2n) is 6.08. The van der Waals surface area contributed by atoms with E-state index in [-0.39, 0.29) is 6.10 Å². The third-order valence-corrected chi connectivity index (χ3v) is 3.66. The molecule has 2 rings (SSSR count). The van der Waals surface area contributed by atoms with E-state index in [2.05, 4.69) is 5.32 Å². The highest BCUT2D eigenvalue weighted by atomic mass is 16.5. The zero-order valence-electron chi connectivity index (χ0n) is 13.7. The maximum atomic E-state index is 12.3. The minimum absolute atomic E-state index is 0.0153. The molecule has 23 heavy (non-hydrogen) atoms. The fraction of sp³-hybridized carbons (Fsp3) is 0.529. The summed E-state index contributed by atoms with van der Waals surface area (Å²) in [7, 11) is 1.50. The van der Waals surface area contributed by atoms with Crippen LogP contribution in [0.15, 0.2) is 18.2 Å². The summed E-state index contributed by atoms with van der Waals surface area (Å²) in [5.41, 5.74) is 0.347. The van der Waals surface area contributed by atoms with Gasteiger partial charge >= 0.3 is 5.97 Å². The number of carbonyl (C=O) groups excluding carboxylic acids is 1. The van der Waals surface area contributed by atoms with Crippen LogP contribution in [0.2, 0.25) is 0 Å². The van der Waals surface area contributed by atoms with E-state index in [9.17, 15) is 14.7 Å². The molecule has 1 amide bonds. The molecule has 0 bridgehead atoms. The predicted octanol–water partition coefficient (Wildman–Crippen LogP) is 2.47. The molecule has 0 saturated heterocycles. The van der Waals surface area contributed by atoms with E-state index in [0.717, 1.165) is 12.8 Å². The van der Waals surface area contributed by atoms with Crippen molar-refractivity contribution in [3.8, 4) is 11.5 Å². The van der Waals surface area contributed by atoms with Gasteiger partial charge in [0.1, 0.15) is 6.04 Å². The topological polar surface area (TPSA) is 84.9 Å². The third kappa shape index (κ3) is 4.87. The molecular formula is C17H23NO5. The SMILES string of the molecule is COc1cc(C(=O)NC(CC2CC2)C(=O)O)ccc1OC(C)C. The highest BCUT2D eigenvalue weighted by molar-refractivity contribution is 5.97. The number of benzene rings is 1. The Bertz CT molecular complexity index is 580. The summed E-state index contributed by atoms with van der Waals surface area (Å²) in [4.78, 5) is 23.6. The molecule has 0 heterocycles. The maximum Gasteiger partial charge on any atom is 0.326 e. The average molecular weight is 321 g/mol. The number of hydrogen-bond acceptors (Lipinski definition) is 4. The third-order valence-electron chi connectivity index (χ3n) is 3.66. The van der Waals surface area contributed by atoms with Crippen molar-refractivity contribution in [2.45, 2.75) is 45.3 Å². The predicted molar refractivity (Wildman–Crippen MR) is 85.0 cm³/mol. The van der Waals surface area contributed by atoms with Gasteiger partial charge in [0.05, 0.1) is 13.2 Å². The Morgan fingerprint density at radius 1 is 1.30 bits per heavy atom. The molecule has 0 spiro atoms. The Labute approximate surface area is 135 Å². The van der Waals surface area contributed by atoms with E-state index in [1.165, 1.54) is 7.11 Å². The van der Waals surface area contributed by atoms with Crippen LogP contribution in [0.4, 0.5) is 0 Å². The standard InChI is InChI=1S/C17H23NO5/c1-10(2)23-14-7-6-12(9-15(14)22-3)16(19)18-13(17(20)21)8-11-4-5-11/h6-7,9-11,13H,4-5,8H2,1-3H3,(H,18,19)(H,20,21). The van der Waals surface area contributed by atoms with Crippen molar-refractivity contribution in [1.29, 1.82) is 0 Å². The van der Waals surface area contributed by atoms with Crippen molar-refractivity contribution in [2.75, 3.05) is 7.11 Å². The molecule has 1 aromatic rings. The lowest BCUT2D eigenvalue weighted by atomic mass is 10.1. The van der Waals surface area contributed by atoms with Gasteiger partial charge in [-0.05, 0) is 44.4 Å². The van der Waals surface area contributed by atoms with Crippen LogP contribution in [-0.2, 0) is 4.79 Å². The molecule has 0 aromatic heterocycles. The summed E-state index contributed by atoms with van der Waals surface area (Å²) in [6.45, 7) is 3.80.